The highest BCUT2D eigenvalue weighted by Gasteiger charge is 2.17. The minimum atomic E-state index is 0.784. The van der Waals surface area contributed by atoms with E-state index in [1.54, 1.807) is 0 Å². The van der Waals surface area contributed by atoms with Crippen LogP contribution in [0.25, 0.3) is 0 Å². The van der Waals surface area contributed by atoms with Gasteiger partial charge >= 0.3 is 0 Å². The Balaban J connectivity index is 2.03. The Morgan fingerprint density at radius 2 is 2.05 bits per heavy atom. The molecule has 0 spiro atoms. The molecule has 104 valence electrons. The van der Waals surface area contributed by atoms with E-state index in [0.29, 0.717) is 0 Å². The number of fused-ring (bicyclic) bond motifs is 1. The van der Waals surface area contributed by atoms with Gasteiger partial charge in [-0.15, -0.1) is 0 Å². The van der Waals surface area contributed by atoms with Crippen LogP contribution in [0, 0.1) is 6.92 Å². The minimum absolute atomic E-state index is 0.784. The van der Waals surface area contributed by atoms with Crippen LogP contribution in [-0.2, 0) is 5.33 Å². The quantitative estimate of drug-likeness (QED) is 0.732. The molecule has 20 heavy (non-hydrogen) atoms. The molecule has 0 saturated heterocycles. The predicted molar refractivity (Wildman–Crippen MR) is 87.4 cm³/mol. The second-order valence-corrected chi connectivity index (χ2v) is 5.63. The van der Waals surface area contributed by atoms with Gasteiger partial charge in [-0.2, -0.15) is 0 Å². The fourth-order valence-electron chi connectivity index (χ4n) is 2.59. The van der Waals surface area contributed by atoms with E-state index >= 15 is 0 Å². The third-order valence-corrected chi connectivity index (χ3v) is 4.33. The molecule has 3 heteroatoms. The number of hydrogen-bond acceptors (Lipinski definition) is 2. The van der Waals surface area contributed by atoms with Crippen LogP contribution in [0.2, 0.25) is 0 Å². The van der Waals surface area contributed by atoms with Crippen LogP contribution < -0.4 is 9.64 Å². The van der Waals surface area contributed by atoms with Crippen molar-refractivity contribution < 1.29 is 4.74 Å². The summed E-state index contributed by atoms with van der Waals surface area (Å²) in [6, 6.07) is 14.9. The van der Waals surface area contributed by atoms with Crippen LogP contribution >= 0.6 is 15.9 Å². The second-order valence-electron chi connectivity index (χ2n) is 5.07. The Bertz CT molecular complexity index is 612. The van der Waals surface area contributed by atoms with Crippen molar-refractivity contribution >= 4 is 27.3 Å². The summed E-state index contributed by atoms with van der Waals surface area (Å²) in [7, 11) is 0. The number of ether oxygens (including phenoxy) is 1. The summed E-state index contributed by atoms with van der Waals surface area (Å²) in [6.45, 7) is 3.94. The van der Waals surface area contributed by atoms with Gasteiger partial charge in [0.15, 0.2) is 0 Å². The Morgan fingerprint density at radius 1 is 1.20 bits per heavy atom. The van der Waals surface area contributed by atoms with Gasteiger partial charge in [-0.3, -0.25) is 0 Å². The third kappa shape index (κ3) is 2.55. The molecule has 0 N–H and O–H groups in total. The van der Waals surface area contributed by atoms with Gasteiger partial charge in [0.25, 0.3) is 0 Å². The molecule has 0 bridgehead atoms. The molecule has 0 fully saturated rings. The van der Waals surface area contributed by atoms with Gasteiger partial charge in [0, 0.05) is 17.6 Å². The number of nitrogens with zero attached hydrogens (tertiary/aromatic N) is 1. The Labute approximate surface area is 128 Å². The Hall–Kier alpha value is -1.48. The smallest absolute Gasteiger partial charge is 0.142 e. The summed E-state index contributed by atoms with van der Waals surface area (Å²) in [5.74, 6) is 0.979. The number of anilines is 2. The van der Waals surface area contributed by atoms with Gasteiger partial charge in [-0.05, 0) is 48.7 Å². The number of alkyl halides is 1. The molecule has 0 unspecified atom stereocenters. The first kappa shape index (κ1) is 13.5. The standard InChI is InChI=1S/C17H18BrNO/c1-13-11-15(8-7-14(13)12-18)19-9-4-10-20-17-6-3-2-5-16(17)19/h2-3,5-8,11H,4,9-10,12H2,1H3. The molecular weight excluding hydrogens is 314 g/mol. The summed E-state index contributed by atoms with van der Waals surface area (Å²) in [5.41, 5.74) is 5.07. The molecule has 0 radical (unpaired) electrons. The Morgan fingerprint density at radius 3 is 2.85 bits per heavy atom. The summed E-state index contributed by atoms with van der Waals surface area (Å²) >= 11 is 3.53. The third-order valence-electron chi connectivity index (χ3n) is 3.72. The van der Waals surface area contributed by atoms with E-state index in [4.69, 9.17) is 4.74 Å². The van der Waals surface area contributed by atoms with Crippen LogP contribution in [0.1, 0.15) is 17.5 Å². The van der Waals surface area contributed by atoms with Crippen LogP contribution in [0.3, 0.4) is 0 Å². The van der Waals surface area contributed by atoms with Crippen LogP contribution in [0.4, 0.5) is 11.4 Å². The average molecular weight is 332 g/mol. The average Bonchev–Trinajstić information content (AvgIpc) is 2.69. The molecule has 0 saturated carbocycles. The molecule has 0 aromatic heterocycles. The highest BCUT2D eigenvalue weighted by atomic mass is 79.9. The zero-order valence-corrected chi connectivity index (χ0v) is 13.2. The van der Waals surface area contributed by atoms with E-state index < -0.39 is 0 Å². The molecule has 0 amide bonds. The van der Waals surface area contributed by atoms with Crippen molar-refractivity contribution in [3.63, 3.8) is 0 Å². The number of aryl methyl sites for hydroxylation is 1. The van der Waals surface area contributed by atoms with Crippen molar-refractivity contribution in [3.05, 3.63) is 53.6 Å². The molecule has 0 aliphatic carbocycles. The largest absolute Gasteiger partial charge is 0.491 e. The van der Waals surface area contributed by atoms with Crippen molar-refractivity contribution in [3.8, 4) is 5.75 Å². The van der Waals surface area contributed by atoms with Crippen LogP contribution in [0.15, 0.2) is 42.5 Å². The van der Waals surface area contributed by atoms with E-state index in [-0.39, 0.29) is 0 Å². The highest BCUT2D eigenvalue weighted by Crippen LogP contribution is 2.36. The van der Waals surface area contributed by atoms with Crippen molar-refractivity contribution in [2.45, 2.75) is 18.7 Å². The fourth-order valence-corrected chi connectivity index (χ4v) is 3.22. The van der Waals surface area contributed by atoms with Crippen molar-refractivity contribution in [2.24, 2.45) is 0 Å². The number of rotatable bonds is 2. The summed E-state index contributed by atoms with van der Waals surface area (Å²) in [5, 5.41) is 0.902. The summed E-state index contributed by atoms with van der Waals surface area (Å²) < 4.78 is 5.83. The lowest BCUT2D eigenvalue weighted by atomic mass is 10.1. The van der Waals surface area contributed by atoms with Gasteiger partial charge in [0.1, 0.15) is 5.75 Å². The van der Waals surface area contributed by atoms with Crippen LogP contribution in [-0.4, -0.2) is 13.2 Å². The monoisotopic (exact) mass is 331 g/mol. The van der Waals surface area contributed by atoms with Crippen molar-refractivity contribution in [1.29, 1.82) is 0 Å². The maximum absolute atomic E-state index is 5.83. The SMILES string of the molecule is Cc1cc(N2CCCOc3ccccc32)ccc1CBr. The van der Waals surface area contributed by atoms with E-state index in [1.807, 2.05) is 12.1 Å². The summed E-state index contributed by atoms with van der Waals surface area (Å²) in [4.78, 5) is 2.35. The molecule has 2 aromatic carbocycles. The number of hydrogen-bond donors (Lipinski definition) is 0. The van der Waals surface area contributed by atoms with Crippen molar-refractivity contribution in [1.82, 2.24) is 0 Å². The van der Waals surface area contributed by atoms with Gasteiger partial charge in [-0.1, -0.05) is 34.1 Å². The zero-order chi connectivity index (χ0) is 13.9. The first-order valence-corrected chi connectivity index (χ1v) is 8.06. The Kier molecular flexibility index (Phi) is 3.97. The number of para-hydroxylation sites is 2. The van der Waals surface area contributed by atoms with Gasteiger partial charge in [0.2, 0.25) is 0 Å². The van der Waals surface area contributed by atoms with E-state index in [9.17, 15) is 0 Å². The lowest BCUT2D eigenvalue weighted by Crippen LogP contribution is -2.17. The van der Waals surface area contributed by atoms with Gasteiger partial charge < -0.3 is 9.64 Å². The molecule has 1 heterocycles. The molecule has 3 rings (SSSR count). The van der Waals surface area contributed by atoms with Crippen molar-refractivity contribution in [2.75, 3.05) is 18.1 Å². The maximum atomic E-state index is 5.83. The second kappa shape index (κ2) is 5.88. The lowest BCUT2D eigenvalue weighted by molar-refractivity contribution is 0.322. The summed E-state index contributed by atoms with van der Waals surface area (Å²) in [6.07, 6.45) is 1.04. The number of benzene rings is 2. The molecule has 2 aromatic rings. The van der Waals surface area contributed by atoms with Crippen LogP contribution in [0.5, 0.6) is 5.75 Å². The highest BCUT2D eigenvalue weighted by molar-refractivity contribution is 9.08. The predicted octanol–water partition coefficient (Wildman–Crippen LogP) is 4.81. The molecular formula is C17H18BrNO. The normalized spacial score (nSPS) is 14.4. The van der Waals surface area contributed by atoms with E-state index in [2.05, 4.69) is 58.1 Å². The van der Waals surface area contributed by atoms with Gasteiger partial charge in [0.05, 0.1) is 12.3 Å². The van der Waals surface area contributed by atoms with Gasteiger partial charge in [-0.25, -0.2) is 0 Å². The fraction of sp³-hybridized carbons (Fsp3) is 0.294. The first-order valence-electron chi connectivity index (χ1n) is 6.94. The maximum Gasteiger partial charge on any atom is 0.142 e. The lowest BCUT2D eigenvalue weighted by Gasteiger charge is -2.24. The zero-order valence-electron chi connectivity index (χ0n) is 11.6. The molecule has 1 aliphatic rings. The first-order chi connectivity index (χ1) is 9.79. The topological polar surface area (TPSA) is 12.5 Å². The van der Waals surface area contributed by atoms with E-state index in [1.165, 1.54) is 16.8 Å². The minimum Gasteiger partial charge on any atom is -0.491 e. The molecule has 2 nitrogen and oxygen atoms in total. The number of halogens is 1. The van der Waals surface area contributed by atoms with E-state index in [0.717, 1.165) is 36.3 Å². The molecule has 0 atom stereocenters. The molecule has 1 aliphatic heterocycles.